The smallest absolute Gasteiger partial charge is 0.214 e. The molecule has 8 heteroatoms. The molecule has 3 aromatic carbocycles. The average Bonchev–Trinajstić information content (AvgIpc) is 2.78. The molecule has 0 spiro atoms. The van der Waals surface area contributed by atoms with Crippen LogP contribution < -0.4 is 14.4 Å². The van der Waals surface area contributed by atoms with Crippen molar-refractivity contribution in [2.75, 3.05) is 19.1 Å². The number of ether oxygens (including phenoxy) is 2. The monoisotopic (exact) mass is 453 g/mol. The van der Waals surface area contributed by atoms with Gasteiger partial charge in [-0.1, -0.05) is 29.8 Å². The van der Waals surface area contributed by atoms with Gasteiger partial charge in [-0.05, 0) is 37.3 Å². The van der Waals surface area contributed by atoms with Crippen LogP contribution in [-0.4, -0.2) is 28.4 Å². The molecule has 32 heavy (non-hydrogen) atoms. The van der Waals surface area contributed by atoms with Crippen LogP contribution in [0.5, 0.6) is 11.5 Å². The van der Waals surface area contributed by atoms with Crippen LogP contribution >= 0.6 is 0 Å². The number of allylic oxidation sites excluding steroid dienone is 1. The van der Waals surface area contributed by atoms with Gasteiger partial charge >= 0.3 is 0 Å². The zero-order valence-electron chi connectivity index (χ0n) is 17.6. The fourth-order valence-corrected chi connectivity index (χ4v) is 5.02. The molecule has 0 bridgehead atoms. The van der Waals surface area contributed by atoms with E-state index in [4.69, 9.17) is 9.47 Å². The minimum absolute atomic E-state index is 0.0951. The maximum absolute atomic E-state index is 14.1. The highest BCUT2D eigenvalue weighted by Crippen LogP contribution is 2.42. The summed E-state index contributed by atoms with van der Waals surface area (Å²) in [6, 6.07) is 14.9. The fraction of sp³-hybridized carbons (Fsp3) is 0.125. The van der Waals surface area contributed by atoms with Gasteiger partial charge in [0.25, 0.3) is 0 Å². The Labute approximate surface area is 185 Å². The first-order chi connectivity index (χ1) is 15.3. The van der Waals surface area contributed by atoms with Crippen molar-refractivity contribution in [3.63, 3.8) is 0 Å². The predicted molar refractivity (Wildman–Crippen MR) is 119 cm³/mol. The lowest BCUT2D eigenvalue weighted by molar-refractivity contribution is 0.104. The highest BCUT2D eigenvalue weighted by atomic mass is 32.2. The third kappa shape index (κ3) is 3.62. The third-order valence-electron chi connectivity index (χ3n) is 5.19. The molecule has 0 saturated carbocycles. The van der Waals surface area contributed by atoms with Gasteiger partial charge < -0.3 is 14.4 Å². The molecule has 1 aliphatic rings. The lowest BCUT2D eigenvalue weighted by Gasteiger charge is -2.29. The fourth-order valence-electron chi connectivity index (χ4n) is 3.50. The first-order valence-electron chi connectivity index (χ1n) is 9.65. The standard InChI is InChI=1S/C24H20FNO5S/c1-15-4-6-16(7-5-15)24(27)23-14-26(18-9-10-20(30-2)21(13-18)31-3)19-12-17(25)8-11-22(19)32(23,28)29/h4-14H,1-3H3. The molecule has 0 saturated heterocycles. The van der Waals surface area contributed by atoms with E-state index in [9.17, 15) is 17.6 Å². The van der Waals surface area contributed by atoms with Gasteiger partial charge in [-0.2, -0.15) is 0 Å². The van der Waals surface area contributed by atoms with E-state index >= 15 is 0 Å². The Hall–Kier alpha value is -3.65. The minimum Gasteiger partial charge on any atom is -0.493 e. The van der Waals surface area contributed by atoms with Gasteiger partial charge in [-0.15, -0.1) is 0 Å². The quantitative estimate of drug-likeness (QED) is 0.408. The van der Waals surface area contributed by atoms with Crippen LogP contribution in [0.25, 0.3) is 0 Å². The second kappa shape index (κ2) is 8.12. The molecule has 0 amide bonds. The molecule has 0 unspecified atom stereocenters. The number of anilines is 2. The SMILES string of the molecule is COc1ccc(N2C=C(C(=O)c3ccc(C)cc3)S(=O)(=O)c3ccc(F)cc32)cc1OC. The number of sulfone groups is 1. The van der Waals surface area contributed by atoms with Gasteiger partial charge in [-0.3, -0.25) is 4.79 Å². The van der Waals surface area contributed by atoms with Crippen LogP contribution in [0.3, 0.4) is 0 Å². The molecule has 0 N–H and O–H groups in total. The minimum atomic E-state index is -4.18. The van der Waals surface area contributed by atoms with E-state index < -0.39 is 26.3 Å². The highest BCUT2D eigenvalue weighted by molar-refractivity contribution is 7.96. The van der Waals surface area contributed by atoms with Gasteiger partial charge in [0.05, 0.1) is 24.8 Å². The maximum Gasteiger partial charge on any atom is 0.214 e. The van der Waals surface area contributed by atoms with Crippen molar-refractivity contribution in [3.05, 3.63) is 88.7 Å². The number of carbonyl (C=O) groups excluding carboxylic acids is 1. The predicted octanol–water partition coefficient (Wildman–Crippen LogP) is 4.80. The summed E-state index contributed by atoms with van der Waals surface area (Å²) in [7, 11) is -1.21. The van der Waals surface area contributed by atoms with E-state index in [1.54, 1.807) is 42.5 Å². The number of Topliss-reactive ketones (excluding diaryl/α,β-unsaturated/α-hetero) is 1. The molecule has 0 aromatic heterocycles. The normalized spacial score (nSPS) is 14.4. The van der Waals surface area contributed by atoms with E-state index in [2.05, 4.69) is 0 Å². The molecule has 4 rings (SSSR count). The van der Waals surface area contributed by atoms with Gasteiger partial charge in [-0.25, -0.2) is 12.8 Å². The Morgan fingerprint density at radius 3 is 2.25 bits per heavy atom. The first-order valence-corrected chi connectivity index (χ1v) is 11.1. The lowest BCUT2D eigenvalue weighted by Crippen LogP contribution is -2.26. The summed E-state index contributed by atoms with van der Waals surface area (Å²) in [6.45, 7) is 1.87. The number of fused-ring (bicyclic) bond motifs is 1. The van der Waals surface area contributed by atoms with Crippen LogP contribution in [0.4, 0.5) is 15.8 Å². The summed E-state index contributed by atoms with van der Waals surface area (Å²) in [5, 5.41) is 0. The Morgan fingerprint density at radius 2 is 1.59 bits per heavy atom. The lowest BCUT2D eigenvalue weighted by atomic mass is 10.1. The van der Waals surface area contributed by atoms with E-state index in [1.165, 1.54) is 31.4 Å². The van der Waals surface area contributed by atoms with Gasteiger partial charge in [0.15, 0.2) is 11.5 Å². The number of methoxy groups -OCH3 is 2. The molecular weight excluding hydrogens is 433 g/mol. The van der Waals surface area contributed by atoms with Crippen LogP contribution in [0, 0.1) is 12.7 Å². The van der Waals surface area contributed by atoms with Crippen molar-refractivity contribution < 1.29 is 27.1 Å². The second-order valence-corrected chi connectivity index (χ2v) is 9.10. The summed E-state index contributed by atoms with van der Waals surface area (Å²) >= 11 is 0. The molecule has 0 radical (unpaired) electrons. The van der Waals surface area contributed by atoms with E-state index in [1.807, 2.05) is 6.92 Å². The Balaban J connectivity index is 1.93. The van der Waals surface area contributed by atoms with Gasteiger partial charge in [0.2, 0.25) is 15.6 Å². The van der Waals surface area contributed by atoms with Crippen molar-refractivity contribution in [3.8, 4) is 11.5 Å². The Bertz CT molecular complexity index is 1350. The number of hydrogen-bond acceptors (Lipinski definition) is 6. The molecule has 1 heterocycles. The van der Waals surface area contributed by atoms with Crippen LogP contribution in [0.15, 0.2) is 76.7 Å². The van der Waals surface area contributed by atoms with E-state index in [-0.39, 0.29) is 16.1 Å². The summed E-state index contributed by atoms with van der Waals surface area (Å²) in [4.78, 5) is 14.1. The number of rotatable bonds is 5. The zero-order chi connectivity index (χ0) is 23.0. The van der Waals surface area contributed by atoms with Crippen molar-refractivity contribution >= 4 is 27.0 Å². The van der Waals surface area contributed by atoms with Gasteiger partial charge in [0, 0.05) is 23.5 Å². The number of nitrogens with zero attached hydrogens (tertiary/aromatic N) is 1. The molecule has 0 fully saturated rings. The number of benzene rings is 3. The maximum atomic E-state index is 14.1. The van der Waals surface area contributed by atoms with Crippen LogP contribution in [0.2, 0.25) is 0 Å². The van der Waals surface area contributed by atoms with Crippen molar-refractivity contribution in [1.29, 1.82) is 0 Å². The Kier molecular flexibility index (Phi) is 5.48. The summed E-state index contributed by atoms with van der Waals surface area (Å²) in [5.41, 5.74) is 1.74. The van der Waals surface area contributed by atoms with Crippen LogP contribution in [0.1, 0.15) is 15.9 Å². The number of aryl methyl sites for hydroxylation is 1. The molecule has 0 aliphatic carbocycles. The molecule has 164 valence electrons. The Morgan fingerprint density at radius 1 is 0.906 bits per heavy atom. The summed E-state index contributed by atoms with van der Waals surface area (Å²) in [5.74, 6) is -0.381. The summed E-state index contributed by atoms with van der Waals surface area (Å²) in [6.07, 6.45) is 1.22. The number of ketones is 1. The molecule has 6 nitrogen and oxygen atoms in total. The van der Waals surface area contributed by atoms with E-state index in [0.717, 1.165) is 17.7 Å². The van der Waals surface area contributed by atoms with Crippen LogP contribution in [-0.2, 0) is 9.84 Å². The second-order valence-electron chi connectivity index (χ2n) is 7.21. The first kappa shape index (κ1) is 21.6. The third-order valence-corrected chi connectivity index (χ3v) is 6.98. The number of halogens is 1. The largest absolute Gasteiger partial charge is 0.493 e. The van der Waals surface area contributed by atoms with Crippen molar-refractivity contribution in [2.45, 2.75) is 11.8 Å². The number of hydrogen-bond donors (Lipinski definition) is 0. The molecular formula is C24H20FNO5S. The van der Waals surface area contributed by atoms with E-state index in [0.29, 0.717) is 17.2 Å². The van der Waals surface area contributed by atoms with Gasteiger partial charge in [0.1, 0.15) is 10.7 Å². The zero-order valence-corrected chi connectivity index (χ0v) is 18.4. The van der Waals surface area contributed by atoms with Crippen molar-refractivity contribution in [1.82, 2.24) is 0 Å². The number of carbonyl (C=O) groups is 1. The van der Waals surface area contributed by atoms with Crippen molar-refractivity contribution in [2.24, 2.45) is 0 Å². The average molecular weight is 453 g/mol. The topological polar surface area (TPSA) is 72.9 Å². The highest BCUT2D eigenvalue weighted by Gasteiger charge is 2.36. The molecule has 3 aromatic rings. The molecule has 0 atom stereocenters. The summed E-state index contributed by atoms with van der Waals surface area (Å²) < 4.78 is 51.3. The molecule has 1 aliphatic heterocycles.